The van der Waals surface area contributed by atoms with Crippen molar-refractivity contribution < 1.29 is 13.2 Å². The number of nitrogens with one attached hydrogen (secondary N) is 1. The highest BCUT2D eigenvalue weighted by Gasteiger charge is 2.30. The van der Waals surface area contributed by atoms with Crippen LogP contribution in [0.25, 0.3) is 0 Å². The lowest BCUT2D eigenvalue weighted by Crippen LogP contribution is -2.46. The fourth-order valence-corrected chi connectivity index (χ4v) is 4.69. The Morgan fingerprint density at radius 3 is 3.00 bits per heavy atom. The first-order chi connectivity index (χ1) is 10.1. The van der Waals surface area contributed by atoms with Gasteiger partial charge in [0.25, 0.3) is 0 Å². The molecule has 0 bridgehead atoms. The normalized spacial score (nSPS) is 29.0. The summed E-state index contributed by atoms with van der Waals surface area (Å²) in [5.41, 5.74) is 0.896. The van der Waals surface area contributed by atoms with Crippen molar-refractivity contribution in [3.8, 4) is 0 Å². The van der Waals surface area contributed by atoms with E-state index in [4.69, 9.17) is 4.74 Å². The molecule has 1 aromatic carbocycles. The molecule has 2 heterocycles. The summed E-state index contributed by atoms with van der Waals surface area (Å²) in [6, 6.07) is 7.42. The summed E-state index contributed by atoms with van der Waals surface area (Å²) in [4.78, 5) is 2.74. The number of nitrogens with zero attached hydrogens (tertiary/aromatic N) is 1. The fourth-order valence-electron chi connectivity index (χ4n) is 3.07. The van der Waals surface area contributed by atoms with Crippen molar-refractivity contribution in [2.75, 3.05) is 39.0 Å². The molecule has 1 aromatic rings. The van der Waals surface area contributed by atoms with E-state index in [2.05, 4.69) is 17.3 Å². The summed E-state index contributed by atoms with van der Waals surface area (Å²) >= 11 is 0. The Hall–Kier alpha value is -0.950. The molecule has 0 amide bonds. The van der Waals surface area contributed by atoms with Crippen molar-refractivity contribution in [1.82, 2.24) is 10.2 Å². The lowest BCUT2D eigenvalue weighted by molar-refractivity contribution is -0.0194. The molecule has 1 saturated heterocycles. The van der Waals surface area contributed by atoms with E-state index in [9.17, 15) is 8.42 Å². The minimum Gasteiger partial charge on any atom is -0.374 e. The summed E-state index contributed by atoms with van der Waals surface area (Å²) in [6.45, 7) is 3.41. The van der Waals surface area contributed by atoms with Crippen LogP contribution in [0.15, 0.2) is 29.2 Å². The van der Waals surface area contributed by atoms with Gasteiger partial charge < -0.3 is 15.0 Å². The molecule has 1 fully saturated rings. The van der Waals surface area contributed by atoms with E-state index in [1.807, 2.05) is 12.1 Å². The molecule has 0 saturated carbocycles. The summed E-state index contributed by atoms with van der Waals surface area (Å²) in [5, 5.41) is 3.49. The second-order valence-electron chi connectivity index (χ2n) is 5.86. The van der Waals surface area contributed by atoms with Gasteiger partial charge >= 0.3 is 0 Å². The van der Waals surface area contributed by atoms with Gasteiger partial charge in [0.05, 0.1) is 23.4 Å². The zero-order valence-electron chi connectivity index (χ0n) is 12.3. The molecule has 6 heteroatoms. The van der Waals surface area contributed by atoms with Gasteiger partial charge in [-0.25, -0.2) is 8.42 Å². The Labute approximate surface area is 126 Å². The van der Waals surface area contributed by atoms with Gasteiger partial charge in [-0.15, -0.1) is 0 Å². The van der Waals surface area contributed by atoms with Crippen molar-refractivity contribution >= 4 is 9.84 Å². The van der Waals surface area contributed by atoms with Gasteiger partial charge in [0, 0.05) is 25.7 Å². The first-order valence-corrected chi connectivity index (χ1v) is 9.07. The van der Waals surface area contributed by atoms with Gasteiger partial charge in [-0.1, -0.05) is 18.2 Å². The van der Waals surface area contributed by atoms with Crippen molar-refractivity contribution in [3.05, 3.63) is 29.8 Å². The van der Waals surface area contributed by atoms with Crippen LogP contribution < -0.4 is 5.32 Å². The summed E-state index contributed by atoms with van der Waals surface area (Å²) < 4.78 is 30.0. The maximum absolute atomic E-state index is 12.1. The van der Waals surface area contributed by atoms with E-state index in [0.29, 0.717) is 11.3 Å². The topological polar surface area (TPSA) is 58.6 Å². The average molecular weight is 310 g/mol. The second kappa shape index (κ2) is 6.04. The first-order valence-electron chi connectivity index (χ1n) is 7.41. The van der Waals surface area contributed by atoms with Crippen LogP contribution in [0, 0.1) is 0 Å². The number of morpholine rings is 1. The predicted octanol–water partition coefficient (Wildman–Crippen LogP) is 0.825. The average Bonchev–Trinajstić information content (AvgIpc) is 2.47. The van der Waals surface area contributed by atoms with Crippen LogP contribution >= 0.6 is 0 Å². The monoisotopic (exact) mass is 310 g/mol. The number of rotatable bonds is 3. The second-order valence-corrected chi connectivity index (χ2v) is 7.94. The van der Waals surface area contributed by atoms with Crippen LogP contribution in [0.5, 0.6) is 0 Å². The summed E-state index contributed by atoms with van der Waals surface area (Å²) in [5.74, 6) is 0.215. The van der Waals surface area contributed by atoms with Crippen molar-refractivity contribution in [2.45, 2.75) is 23.5 Å². The van der Waals surface area contributed by atoms with E-state index in [-0.39, 0.29) is 17.9 Å². The Kier molecular flexibility index (Phi) is 4.31. The zero-order chi connectivity index (χ0) is 14.9. The minimum absolute atomic E-state index is 0.0977. The van der Waals surface area contributed by atoms with Crippen LogP contribution in [0.2, 0.25) is 0 Å². The highest BCUT2D eigenvalue weighted by atomic mass is 32.2. The molecule has 2 atom stereocenters. The SMILES string of the molecule is CN1CCOC(CNC2CCS(=O)(=O)c3ccccc32)C1. The molecule has 0 radical (unpaired) electrons. The Bertz CT molecular complexity index is 603. The largest absolute Gasteiger partial charge is 0.374 e. The van der Waals surface area contributed by atoms with Crippen LogP contribution in [0.4, 0.5) is 0 Å². The summed E-state index contributed by atoms with van der Waals surface area (Å²) in [6.07, 6.45) is 0.802. The van der Waals surface area contributed by atoms with Gasteiger partial charge in [-0.05, 0) is 25.1 Å². The fraction of sp³-hybridized carbons (Fsp3) is 0.600. The molecule has 0 aromatic heterocycles. The molecular formula is C15H22N2O3S. The predicted molar refractivity (Wildman–Crippen MR) is 81.1 cm³/mol. The van der Waals surface area contributed by atoms with Crippen molar-refractivity contribution in [2.24, 2.45) is 0 Å². The van der Waals surface area contributed by atoms with E-state index >= 15 is 0 Å². The third-order valence-electron chi connectivity index (χ3n) is 4.24. The molecule has 116 valence electrons. The van der Waals surface area contributed by atoms with E-state index in [0.717, 1.165) is 31.8 Å². The number of likely N-dealkylation sites (N-methyl/N-ethyl adjacent to an activating group) is 1. The van der Waals surface area contributed by atoms with Gasteiger partial charge in [-0.2, -0.15) is 0 Å². The Balaban J connectivity index is 1.69. The van der Waals surface area contributed by atoms with Gasteiger partial charge in [0.2, 0.25) is 0 Å². The van der Waals surface area contributed by atoms with Crippen LogP contribution in [0.1, 0.15) is 18.0 Å². The Morgan fingerprint density at radius 2 is 2.19 bits per heavy atom. The van der Waals surface area contributed by atoms with E-state index in [1.54, 1.807) is 12.1 Å². The Morgan fingerprint density at radius 1 is 1.38 bits per heavy atom. The molecule has 0 spiro atoms. The lowest BCUT2D eigenvalue weighted by atomic mass is 10.0. The van der Waals surface area contributed by atoms with Crippen LogP contribution in [-0.4, -0.2) is 58.5 Å². The third kappa shape index (κ3) is 3.29. The lowest BCUT2D eigenvalue weighted by Gasteiger charge is -2.32. The summed E-state index contributed by atoms with van der Waals surface area (Å²) in [7, 11) is -1.01. The zero-order valence-corrected chi connectivity index (χ0v) is 13.1. The van der Waals surface area contributed by atoms with Crippen LogP contribution in [-0.2, 0) is 14.6 Å². The molecule has 1 N–H and O–H groups in total. The molecule has 2 aliphatic heterocycles. The number of hydrogen-bond acceptors (Lipinski definition) is 5. The standard InChI is InChI=1S/C15H22N2O3S/c1-17-7-8-20-12(11-17)10-16-14-6-9-21(18,19)15-5-3-2-4-13(14)15/h2-5,12,14,16H,6-11H2,1H3. The molecular weight excluding hydrogens is 288 g/mol. The van der Waals surface area contributed by atoms with Crippen molar-refractivity contribution in [1.29, 1.82) is 0 Å². The third-order valence-corrected chi connectivity index (χ3v) is 6.05. The number of benzene rings is 1. The molecule has 5 nitrogen and oxygen atoms in total. The number of fused-ring (bicyclic) bond motifs is 1. The number of ether oxygens (including phenoxy) is 1. The molecule has 0 aliphatic carbocycles. The van der Waals surface area contributed by atoms with Gasteiger partial charge in [0.1, 0.15) is 0 Å². The highest BCUT2D eigenvalue weighted by Crippen LogP contribution is 2.31. The quantitative estimate of drug-likeness (QED) is 0.896. The maximum atomic E-state index is 12.1. The van der Waals surface area contributed by atoms with E-state index in [1.165, 1.54) is 0 Å². The van der Waals surface area contributed by atoms with Gasteiger partial charge in [-0.3, -0.25) is 0 Å². The van der Waals surface area contributed by atoms with Crippen LogP contribution in [0.3, 0.4) is 0 Å². The van der Waals surface area contributed by atoms with E-state index < -0.39 is 9.84 Å². The maximum Gasteiger partial charge on any atom is 0.178 e. The van der Waals surface area contributed by atoms with Gasteiger partial charge in [0.15, 0.2) is 9.84 Å². The smallest absolute Gasteiger partial charge is 0.178 e. The molecule has 2 aliphatic rings. The highest BCUT2D eigenvalue weighted by molar-refractivity contribution is 7.91. The van der Waals surface area contributed by atoms with Crippen molar-refractivity contribution in [3.63, 3.8) is 0 Å². The number of hydrogen-bond donors (Lipinski definition) is 1. The number of sulfone groups is 1. The molecule has 2 unspecified atom stereocenters. The molecule has 21 heavy (non-hydrogen) atoms. The minimum atomic E-state index is -3.11. The molecule has 3 rings (SSSR count). The first kappa shape index (κ1) is 15.0.